The van der Waals surface area contributed by atoms with E-state index in [0.29, 0.717) is 28.9 Å². The lowest BCUT2D eigenvalue weighted by molar-refractivity contribution is 0.873. The van der Waals surface area contributed by atoms with E-state index in [-0.39, 0.29) is 6.04 Å². The number of hydrogen-bond donors (Lipinski definition) is 3. The second-order valence-electron chi connectivity index (χ2n) is 5.71. The van der Waals surface area contributed by atoms with E-state index in [4.69, 9.17) is 17.3 Å². The van der Waals surface area contributed by atoms with E-state index in [1.165, 1.54) is 6.33 Å². The first kappa shape index (κ1) is 17.0. The summed E-state index contributed by atoms with van der Waals surface area (Å²) >= 11 is 6.18. The SMILES string of the molecule is CC(Nc1ncnc(NCc2ccccc2Cl)c1N)c1ccccc1. The van der Waals surface area contributed by atoms with Crippen molar-refractivity contribution in [1.29, 1.82) is 0 Å². The molecule has 0 radical (unpaired) electrons. The molecule has 4 N–H and O–H groups in total. The number of anilines is 3. The zero-order chi connectivity index (χ0) is 17.6. The van der Waals surface area contributed by atoms with Gasteiger partial charge in [0.1, 0.15) is 12.0 Å². The summed E-state index contributed by atoms with van der Waals surface area (Å²) in [6.07, 6.45) is 1.49. The van der Waals surface area contributed by atoms with Crippen LogP contribution in [0.1, 0.15) is 24.1 Å². The summed E-state index contributed by atoms with van der Waals surface area (Å²) in [5.74, 6) is 1.19. The van der Waals surface area contributed by atoms with Gasteiger partial charge in [0.25, 0.3) is 0 Å². The number of nitrogen functional groups attached to an aromatic ring is 1. The molecule has 3 rings (SSSR count). The summed E-state index contributed by atoms with van der Waals surface area (Å²) in [6.45, 7) is 2.60. The van der Waals surface area contributed by atoms with E-state index in [1.54, 1.807) is 0 Å². The first-order valence-corrected chi connectivity index (χ1v) is 8.42. The third-order valence-electron chi connectivity index (χ3n) is 3.94. The average Bonchev–Trinajstić information content (AvgIpc) is 2.64. The van der Waals surface area contributed by atoms with Crippen LogP contribution < -0.4 is 16.4 Å². The van der Waals surface area contributed by atoms with E-state index in [9.17, 15) is 0 Å². The van der Waals surface area contributed by atoms with Crippen LogP contribution in [-0.2, 0) is 6.54 Å². The highest BCUT2D eigenvalue weighted by Crippen LogP contribution is 2.27. The maximum absolute atomic E-state index is 6.23. The second kappa shape index (κ2) is 7.85. The fraction of sp³-hybridized carbons (Fsp3) is 0.158. The van der Waals surface area contributed by atoms with Gasteiger partial charge in [-0.3, -0.25) is 0 Å². The lowest BCUT2D eigenvalue weighted by Crippen LogP contribution is -2.12. The lowest BCUT2D eigenvalue weighted by atomic mass is 10.1. The molecule has 6 heteroatoms. The Bertz CT molecular complexity index is 838. The summed E-state index contributed by atoms with van der Waals surface area (Å²) in [7, 11) is 0. The van der Waals surface area contributed by atoms with Crippen molar-refractivity contribution in [1.82, 2.24) is 9.97 Å². The Labute approximate surface area is 152 Å². The summed E-state index contributed by atoms with van der Waals surface area (Å²) in [6, 6.07) is 17.9. The zero-order valence-corrected chi connectivity index (χ0v) is 14.7. The van der Waals surface area contributed by atoms with E-state index in [0.717, 1.165) is 11.1 Å². The summed E-state index contributed by atoms with van der Waals surface area (Å²) in [5, 5.41) is 7.26. The first-order valence-electron chi connectivity index (χ1n) is 8.04. The minimum Gasteiger partial charge on any atom is -0.393 e. The maximum atomic E-state index is 6.23. The molecule has 1 aromatic heterocycles. The fourth-order valence-corrected chi connectivity index (χ4v) is 2.70. The minimum atomic E-state index is 0.0785. The standard InChI is InChI=1S/C19H20ClN5/c1-13(14-7-3-2-4-8-14)25-19-17(21)18(23-12-24-19)22-11-15-9-5-6-10-16(15)20/h2-10,12-13H,11,21H2,1H3,(H2,22,23,24,25). The highest BCUT2D eigenvalue weighted by atomic mass is 35.5. The van der Waals surface area contributed by atoms with Crippen LogP contribution in [-0.4, -0.2) is 9.97 Å². The minimum absolute atomic E-state index is 0.0785. The van der Waals surface area contributed by atoms with Crippen molar-refractivity contribution in [3.8, 4) is 0 Å². The summed E-state index contributed by atoms with van der Waals surface area (Å²) in [5.41, 5.74) is 8.85. The Kier molecular flexibility index (Phi) is 5.36. The Morgan fingerprint density at radius 2 is 1.68 bits per heavy atom. The normalized spacial score (nSPS) is 11.8. The molecule has 0 saturated heterocycles. The van der Waals surface area contributed by atoms with Crippen LogP contribution in [0.5, 0.6) is 0 Å². The molecule has 0 saturated carbocycles. The van der Waals surface area contributed by atoms with Gasteiger partial charge in [0.2, 0.25) is 0 Å². The summed E-state index contributed by atoms with van der Waals surface area (Å²) < 4.78 is 0. The number of nitrogens with zero attached hydrogens (tertiary/aromatic N) is 2. The molecule has 0 bridgehead atoms. The van der Waals surface area contributed by atoms with E-state index >= 15 is 0 Å². The van der Waals surface area contributed by atoms with Gasteiger partial charge in [-0.25, -0.2) is 9.97 Å². The van der Waals surface area contributed by atoms with Crippen molar-refractivity contribution in [2.24, 2.45) is 0 Å². The molecule has 0 aliphatic rings. The molecule has 128 valence electrons. The molecule has 0 fully saturated rings. The van der Waals surface area contributed by atoms with Gasteiger partial charge in [0.05, 0.1) is 6.04 Å². The smallest absolute Gasteiger partial charge is 0.155 e. The van der Waals surface area contributed by atoms with Crippen LogP contribution in [0, 0.1) is 0 Å². The molecule has 0 aliphatic heterocycles. The quantitative estimate of drug-likeness (QED) is 0.608. The first-order chi connectivity index (χ1) is 12.1. The highest BCUT2D eigenvalue weighted by Gasteiger charge is 2.12. The zero-order valence-electron chi connectivity index (χ0n) is 13.9. The van der Waals surface area contributed by atoms with E-state index in [2.05, 4.69) is 39.7 Å². The molecule has 0 spiro atoms. The van der Waals surface area contributed by atoms with Crippen LogP contribution in [0.3, 0.4) is 0 Å². The molecular formula is C19H20ClN5. The number of rotatable bonds is 6. The number of nitrogens with two attached hydrogens (primary N) is 1. The Hall–Kier alpha value is -2.79. The Morgan fingerprint density at radius 3 is 2.44 bits per heavy atom. The molecule has 3 aromatic rings. The lowest BCUT2D eigenvalue weighted by Gasteiger charge is -2.17. The van der Waals surface area contributed by atoms with Crippen molar-refractivity contribution >= 4 is 28.9 Å². The molecule has 25 heavy (non-hydrogen) atoms. The van der Waals surface area contributed by atoms with Crippen molar-refractivity contribution in [2.45, 2.75) is 19.5 Å². The predicted octanol–water partition coefficient (Wildman–Crippen LogP) is 4.50. The van der Waals surface area contributed by atoms with Gasteiger partial charge in [0.15, 0.2) is 11.6 Å². The van der Waals surface area contributed by atoms with Crippen molar-refractivity contribution in [2.75, 3.05) is 16.4 Å². The van der Waals surface area contributed by atoms with Gasteiger partial charge in [-0.2, -0.15) is 0 Å². The van der Waals surface area contributed by atoms with E-state index in [1.807, 2.05) is 42.5 Å². The van der Waals surface area contributed by atoms with Crippen LogP contribution in [0.25, 0.3) is 0 Å². The van der Waals surface area contributed by atoms with Crippen LogP contribution in [0.15, 0.2) is 60.9 Å². The van der Waals surface area contributed by atoms with Crippen molar-refractivity contribution in [3.63, 3.8) is 0 Å². The fourth-order valence-electron chi connectivity index (χ4n) is 2.50. The molecule has 0 amide bonds. The molecule has 0 aliphatic carbocycles. The van der Waals surface area contributed by atoms with Gasteiger partial charge >= 0.3 is 0 Å². The maximum Gasteiger partial charge on any atom is 0.155 e. The van der Waals surface area contributed by atoms with Crippen molar-refractivity contribution in [3.05, 3.63) is 77.1 Å². The van der Waals surface area contributed by atoms with Crippen LogP contribution >= 0.6 is 11.6 Å². The number of aromatic nitrogens is 2. The van der Waals surface area contributed by atoms with E-state index < -0.39 is 0 Å². The molecule has 1 atom stereocenters. The average molecular weight is 354 g/mol. The monoisotopic (exact) mass is 353 g/mol. The Morgan fingerprint density at radius 1 is 1.00 bits per heavy atom. The van der Waals surface area contributed by atoms with Crippen molar-refractivity contribution < 1.29 is 0 Å². The van der Waals surface area contributed by atoms with Crippen LogP contribution in [0.2, 0.25) is 5.02 Å². The number of halogens is 1. The summed E-state index contributed by atoms with van der Waals surface area (Å²) in [4.78, 5) is 8.50. The molecule has 1 heterocycles. The number of hydrogen-bond acceptors (Lipinski definition) is 5. The largest absolute Gasteiger partial charge is 0.393 e. The van der Waals surface area contributed by atoms with Gasteiger partial charge in [-0.05, 0) is 24.1 Å². The third-order valence-corrected chi connectivity index (χ3v) is 4.31. The molecule has 2 aromatic carbocycles. The highest BCUT2D eigenvalue weighted by molar-refractivity contribution is 6.31. The number of benzene rings is 2. The van der Waals surface area contributed by atoms with Gasteiger partial charge in [-0.15, -0.1) is 0 Å². The predicted molar refractivity (Wildman–Crippen MR) is 104 cm³/mol. The molecular weight excluding hydrogens is 334 g/mol. The second-order valence-corrected chi connectivity index (χ2v) is 6.11. The molecule has 1 unspecified atom stereocenters. The Balaban J connectivity index is 1.73. The van der Waals surface area contributed by atoms with Crippen LogP contribution in [0.4, 0.5) is 17.3 Å². The number of nitrogens with one attached hydrogen (secondary N) is 2. The molecule has 5 nitrogen and oxygen atoms in total. The third kappa shape index (κ3) is 4.19. The topological polar surface area (TPSA) is 75.9 Å². The van der Waals surface area contributed by atoms with Gasteiger partial charge in [-0.1, -0.05) is 60.1 Å². The van der Waals surface area contributed by atoms with Gasteiger partial charge in [0, 0.05) is 11.6 Å². The van der Waals surface area contributed by atoms with Gasteiger partial charge < -0.3 is 16.4 Å².